The van der Waals surface area contributed by atoms with Gasteiger partial charge in [-0.15, -0.1) is 0 Å². The normalized spacial score (nSPS) is 11.9. The van der Waals surface area contributed by atoms with Crippen LogP contribution in [0.15, 0.2) is 24.3 Å². The summed E-state index contributed by atoms with van der Waals surface area (Å²) in [6.07, 6.45) is 21.5. The summed E-state index contributed by atoms with van der Waals surface area (Å²) in [6.45, 7) is 4.72. The maximum Gasteiger partial charge on any atom is 0.311 e. The number of carbonyl (C=O) groups excluding carboxylic acids is 1. The average Bonchev–Trinajstić information content (AvgIpc) is 2.84. The second-order valence-electron chi connectivity index (χ2n) is 11.7. The Labute approximate surface area is 235 Å². The molecular formula is C33H59N3O2. The van der Waals surface area contributed by atoms with E-state index in [1.807, 2.05) is 6.07 Å². The zero-order valence-corrected chi connectivity index (χ0v) is 26.0. The number of rotatable bonds is 22. The van der Waals surface area contributed by atoms with Crippen LogP contribution in [0.25, 0.3) is 0 Å². The minimum atomic E-state index is -0.112. The molecule has 0 unspecified atom stereocenters. The Kier molecular flexibility index (Phi) is 19.1. The van der Waals surface area contributed by atoms with Crippen molar-refractivity contribution in [2.24, 2.45) is 0 Å². The number of unbranched alkanes of at least 4 members (excludes halogenated alkanes) is 11. The molecule has 0 saturated heterocycles. The first-order chi connectivity index (χ1) is 18.2. The number of esters is 1. The third-order valence-corrected chi connectivity index (χ3v) is 6.79. The lowest BCUT2D eigenvalue weighted by Gasteiger charge is -2.24. The highest BCUT2D eigenvalue weighted by Gasteiger charge is 2.18. The Bertz CT molecular complexity index is 787. The van der Waals surface area contributed by atoms with Gasteiger partial charge in [-0.2, -0.15) is 0 Å². The van der Waals surface area contributed by atoms with Gasteiger partial charge in [0.05, 0.1) is 0 Å². The van der Waals surface area contributed by atoms with Gasteiger partial charge >= 0.3 is 5.97 Å². The molecule has 0 bridgehead atoms. The average molecular weight is 530 g/mol. The van der Waals surface area contributed by atoms with E-state index in [1.54, 1.807) is 0 Å². The van der Waals surface area contributed by atoms with Gasteiger partial charge in [-0.05, 0) is 91.6 Å². The lowest BCUT2D eigenvalue weighted by molar-refractivity contribution is -0.134. The van der Waals surface area contributed by atoms with Crippen molar-refractivity contribution in [3.63, 3.8) is 0 Å². The Morgan fingerprint density at radius 1 is 0.658 bits per heavy atom. The van der Waals surface area contributed by atoms with Crippen LogP contribution in [0.2, 0.25) is 0 Å². The predicted octanol–water partition coefficient (Wildman–Crippen LogP) is 7.81. The molecule has 1 aromatic carbocycles. The molecule has 0 heterocycles. The molecule has 5 nitrogen and oxygen atoms in total. The van der Waals surface area contributed by atoms with Gasteiger partial charge < -0.3 is 19.4 Å². The van der Waals surface area contributed by atoms with Crippen LogP contribution in [0.5, 0.6) is 5.75 Å². The Balaban J connectivity index is 2.42. The van der Waals surface area contributed by atoms with Crippen molar-refractivity contribution in [3.8, 4) is 5.75 Å². The standard InChI is InChI=1S/C33H59N3O2/c1-8-9-10-11-12-13-14-15-16-17-18-19-20-21-22-23-33(37)38-32-25-24-29(26-34(2)3)30(27-35(4)5)31(32)28-36(6)7/h15-16,24-25H,8-14,17-23,26-28H2,1-7H3/b16-15-. The fraction of sp³-hybridized carbons (Fsp3) is 0.727. The van der Waals surface area contributed by atoms with Crippen LogP contribution in [-0.4, -0.2) is 63.0 Å². The molecule has 0 saturated carbocycles. The first-order valence-electron chi connectivity index (χ1n) is 15.2. The Morgan fingerprint density at radius 3 is 1.71 bits per heavy atom. The fourth-order valence-corrected chi connectivity index (χ4v) is 4.82. The lowest BCUT2D eigenvalue weighted by Crippen LogP contribution is -2.22. The molecular weight excluding hydrogens is 470 g/mol. The minimum absolute atomic E-state index is 0.112. The van der Waals surface area contributed by atoms with Gasteiger partial charge in [0, 0.05) is 31.6 Å². The molecule has 0 atom stereocenters. The highest BCUT2D eigenvalue weighted by molar-refractivity contribution is 5.73. The fourth-order valence-electron chi connectivity index (χ4n) is 4.82. The van der Waals surface area contributed by atoms with Crippen LogP contribution in [0.4, 0.5) is 0 Å². The van der Waals surface area contributed by atoms with Crippen molar-refractivity contribution in [1.82, 2.24) is 14.7 Å². The molecule has 1 rings (SSSR count). The van der Waals surface area contributed by atoms with E-state index in [4.69, 9.17) is 4.74 Å². The molecule has 0 amide bonds. The third-order valence-electron chi connectivity index (χ3n) is 6.79. The van der Waals surface area contributed by atoms with Crippen LogP contribution >= 0.6 is 0 Å². The zero-order chi connectivity index (χ0) is 28.2. The molecule has 0 aromatic heterocycles. The van der Waals surface area contributed by atoms with Gasteiger partial charge in [0.1, 0.15) is 5.75 Å². The number of ether oxygens (including phenoxy) is 1. The van der Waals surface area contributed by atoms with E-state index in [9.17, 15) is 4.79 Å². The van der Waals surface area contributed by atoms with E-state index < -0.39 is 0 Å². The van der Waals surface area contributed by atoms with E-state index in [0.29, 0.717) is 6.42 Å². The molecule has 218 valence electrons. The summed E-state index contributed by atoms with van der Waals surface area (Å²) in [7, 11) is 12.5. The van der Waals surface area contributed by atoms with Crippen molar-refractivity contribution in [2.45, 2.75) is 116 Å². The van der Waals surface area contributed by atoms with Gasteiger partial charge in [-0.3, -0.25) is 4.79 Å². The number of allylic oxidation sites excluding steroid dienone is 2. The van der Waals surface area contributed by atoms with E-state index in [-0.39, 0.29) is 5.97 Å². The molecule has 0 spiro atoms. The molecule has 0 aliphatic carbocycles. The molecule has 0 aliphatic heterocycles. The van der Waals surface area contributed by atoms with Crippen LogP contribution < -0.4 is 4.74 Å². The highest BCUT2D eigenvalue weighted by atomic mass is 16.5. The number of carbonyl (C=O) groups is 1. The summed E-state index contributed by atoms with van der Waals surface area (Å²) in [4.78, 5) is 19.2. The lowest BCUT2D eigenvalue weighted by atomic mass is 9.98. The Hall–Kier alpha value is -1.69. The summed E-state index contributed by atoms with van der Waals surface area (Å²) < 4.78 is 5.94. The summed E-state index contributed by atoms with van der Waals surface area (Å²) in [5, 5.41) is 0. The zero-order valence-electron chi connectivity index (χ0n) is 26.0. The van der Waals surface area contributed by atoms with Crippen molar-refractivity contribution in [1.29, 1.82) is 0 Å². The van der Waals surface area contributed by atoms with Gasteiger partial charge in [0.15, 0.2) is 0 Å². The van der Waals surface area contributed by atoms with E-state index in [1.165, 1.54) is 81.8 Å². The van der Waals surface area contributed by atoms with Gasteiger partial charge in [0.25, 0.3) is 0 Å². The van der Waals surface area contributed by atoms with E-state index in [2.05, 4.69) is 82.1 Å². The SMILES string of the molecule is CCCCCCCC/C=C\CCCCCCCC(=O)Oc1ccc(CN(C)C)c(CN(C)C)c1CN(C)C. The van der Waals surface area contributed by atoms with Gasteiger partial charge in [-0.1, -0.05) is 76.5 Å². The molecule has 38 heavy (non-hydrogen) atoms. The van der Waals surface area contributed by atoms with Crippen LogP contribution in [0.3, 0.4) is 0 Å². The van der Waals surface area contributed by atoms with Gasteiger partial charge in [-0.25, -0.2) is 0 Å². The number of nitrogens with zero attached hydrogens (tertiary/aromatic N) is 3. The highest BCUT2D eigenvalue weighted by Crippen LogP contribution is 2.29. The van der Waals surface area contributed by atoms with Crippen LogP contribution in [0, 0.1) is 0 Å². The van der Waals surface area contributed by atoms with Crippen LogP contribution in [0.1, 0.15) is 114 Å². The first kappa shape index (κ1) is 34.3. The summed E-state index contributed by atoms with van der Waals surface area (Å²) in [5.74, 6) is 0.606. The summed E-state index contributed by atoms with van der Waals surface area (Å²) >= 11 is 0. The van der Waals surface area contributed by atoms with E-state index in [0.717, 1.165) is 43.8 Å². The number of hydrogen-bond donors (Lipinski definition) is 0. The second-order valence-corrected chi connectivity index (χ2v) is 11.7. The smallest absolute Gasteiger partial charge is 0.311 e. The number of hydrogen-bond acceptors (Lipinski definition) is 5. The van der Waals surface area contributed by atoms with Crippen LogP contribution in [-0.2, 0) is 24.4 Å². The monoisotopic (exact) mass is 529 g/mol. The molecule has 1 aromatic rings. The van der Waals surface area contributed by atoms with Crippen molar-refractivity contribution in [2.75, 3.05) is 42.3 Å². The molecule has 0 N–H and O–H groups in total. The third kappa shape index (κ3) is 16.3. The minimum Gasteiger partial charge on any atom is -0.426 e. The molecule has 0 fully saturated rings. The number of benzene rings is 1. The maximum atomic E-state index is 12.7. The molecule has 0 radical (unpaired) electrons. The van der Waals surface area contributed by atoms with Gasteiger partial charge in [0.2, 0.25) is 0 Å². The largest absolute Gasteiger partial charge is 0.426 e. The molecule has 0 aliphatic rings. The maximum absolute atomic E-state index is 12.7. The predicted molar refractivity (Wildman–Crippen MR) is 164 cm³/mol. The Morgan fingerprint density at radius 2 is 1.16 bits per heavy atom. The summed E-state index contributed by atoms with van der Waals surface area (Å²) in [6, 6.07) is 4.12. The topological polar surface area (TPSA) is 36.0 Å². The van der Waals surface area contributed by atoms with Crippen molar-refractivity contribution < 1.29 is 9.53 Å². The van der Waals surface area contributed by atoms with Crippen molar-refractivity contribution in [3.05, 3.63) is 41.0 Å². The van der Waals surface area contributed by atoms with Crippen molar-refractivity contribution >= 4 is 5.97 Å². The first-order valence-corrected chi connectivity index (χ1v) is 15.2. The molecule has 5 heteroatoms. The quantitative estimate of drug-likeness (QED) is 0.0662. The summed E-state index contributed by atoms with van der Waals surface area (Å²) in [5.41, 5.74) is 3.68. The van der Waals surface area contributed by atoms with E-state index >= 15 is 0 Å². The second kappa shape index (κ2) is 21.2.